The van der Waals surface area contributed by atoms with E-state index >= 15 is 0 Å². The zero-order valence-corrected chi connectivity index (χ0v) is 16.8. The fraction of sp³-hybridized carbons (Fsp3) is 0.100. The van der Waals surface area contributed by atoms with E-state index < -0.39 is 0 Å². The number of halogens is 1. The number of aromatic hydroxyl groups is 1. The molecule has 9 heteroatoms. The monoisotopic (exact) mass is 424 g/mol. The van der Waals surface area contributed by atoms with Gasteiger partial charge >= 0.3 is 0 Å². The number of para-hydroxylation sites is 1. The lowest BCUT2D eigenvalue weighted by molar-refractivity contribution is 0.425. The number of aromatic nitrogens is 2. The lowest BCUT2D eigenvalue weighted by atomic mass is 10.2. The zero-order valence-electron chi connectivity index (χ0n) is 15.2. The molecule has 7 nitrogen and oxygen atoms in total. The van der Waals surface area contributed by atoms with Gasteiger partial charge < -0.3 is 20.7 Å². The standard InChI is InChI=1S/C20H17ClN6OS/c21-12-5-6-13-15(7-8-23-16(13)11-12)24-9-10-27-17-4-2-1-3-14(17)18(19(27)28)25-26-20(22)29/h1-8,11,28H,9-10H2,(H2,22,29)(H,23,24). The maximum absolute atomic E-state index is 10.7. The molecule has 2 heterocycles. The molecule has 0 bridgehead atoms. The van der Waals surface area contributed by atoms with Crippen LogP contribution in [0.1, 0.15) is 0 Å². The first-order valence-electron chi connectivity index (χ1n) is 8.84. The van der Waals surface area contributed by atoms with Gasteiger partial charge in [0, 0.05) is 40.8 Å². The molecule has 29 heavy (non-hydrogen) atoms. The first-order chi connectivity index (χ1) is 14.0. The van der Waals surface area contributed by atoms with Crippen LogP contribution < -0.4 is 11.1 Å². The Balaban J connectivity index is 1.61. The Morgan fingerprint density at radius 3 is 2.86 bits per heavy atom. The van der Waals surface area contributed by atoms with Gasteiger partial charge in [-0.25, -0.2) is 0 Å². The number of pyridine rings is 1. The number of fused-ring (bicyclic) bond motifs is 2. The molecule has 0 amide bonds. The highest BCUT2D eigenvalue weighted by atomic mass is 35.5. The topological polar surface area (TPSA) is 101 Å². The van der Waals surface area contributed by atoms with Crippen LogP contribution in [-0.2, 0) is 6.54 Å². The van der Waals surface area contributed by atoms with Crippen LogP contribution in [0.25, 0.3) is 21.8 Å². The van der Waals surface area contributed by atoms with E-state index in [-0.39, 0.29) is 11.0 Å². The van der Waals surface area contributed by atoms with Crippen LogP contribution in [0.2, 0.25) is 5.02 Å². The predicted molar refractivity (Wildman–Crippen MR) is 120 cm³/mol. The van der Waals surface area contributed by atoms with Crippen molar-refractivity contribution in [3.63, 3.8) is 0 Å². The molecule has 2 aromatic heterocycles. The van der Waals surface area contributed by atoms with Crippen LogP contribution in [0.5, 0.6) is 5.88 Å². The van der Waals surface area contributed by atoms with E-state index in [2.05, 4.69) is 20.5 Å². The number of nitrogens with two attached hydrogens (primary N) is 1. The molecule has 0 aliphatic carbocycles. The van der Waals surface area contributed by atoms with Crippen molar-refractivity contribution in [1.29, 1.82) is 0 Å². The molecule has 0 saturated carbocycles. The van der Waals surface area contributed by atoms with Crippen LogP contribution in [0.3, 0.4) is 0 Å². The van der Waals surface area contributed by atoms with Gasteiger partial charge in [0.25, 0.3) is 0 Å². The normalized spacial score (nSPS) is 11.5. The molecule has 0 aliphatic heterocycles. The minimum atomic E-state index is -0.0902. The Bertz CT molecular complexity index is 1250. The number of thiocarbonyl (C=S) groups is 1. The minimum absolute atomic E-state index is 0.0133. The van der Waals surface area contributed by atoms with Crippen molar-refractivity contribution >= 4 is 62.1 Å². The summed E-state index contributed by atoms with van der Waals surface area (Å²) in [5.74, 6) is 0.0133. The lowest BCUT2D eigenvalue weighted by Gasteiger charge is -2.11. The second-order valence-corrected chi connectivity index (χ2v) is 7.18. The maximum atomic E-state index is 10.7. The first-order valence-corrected chi connectivity index (χ1v) is 9.63. The van der Waals surface area contributed by atoms with Gasteiger partial charge in [0.05, 0.1) is 11.0 Å². The van der Waals surface area contributed by atoms with Crippen molar-refractivity contribution in [2.45, 2.75) is 6.54 Å². The van der Waals surface area contributed by atoms with Gasteiger partial charge in [0.2, 0.25) is 11.0 Å². The Morgan fingerprint density at radius 2 is 2.03 bits per heavy atom. The summed E-state index contributed by atoms with van der Waals surface area (Å²) in [5, 5.41) is 24.1. The number of hydrogen-bond acceptors (Lipinski definition) is 5. The predicted octanol–water partition coefficient (Wildman–Crippen LogP) is 4.99. The van der Waals surface area contributed by atoms with Crippen molar-refractivity contribution in [3.05, 3.63) is 59.8 Å². The molecule has 0 unspecified atom stereocenters. The van der Waals surface area contributed by atoms with Crippen molar-refractivity contribution in [1.82, 2.24) is 9.55 Å². The Morgan fingerprint density at radius 1 is 1.21 bits per heavy atom. The number of nitrogens with one attached hydrogen (secondary N) is 1. The fourth-order valence-electron chi connectivity index (χ4n) is 3.27. The van der Waals surface area contributed by atoms with E-state index in [1.54, 1.807) is 10.8 Å². The molecule has 0 atom stereocenters. The van der Waals surface area contributed by atoms with Gasteiger partial charge in [-0.15, -0.1) is 10.2 Å². The molecule has 4 N–H and O–H groups in total. The van der Waals surface area contributed by atoms with Crippen LogP contribution in [0, 0.1) is 0 Å². The highest BCUT2D eigenvalue weighted by Crippen LogP contribution is 2.38. The number of nitrogens with zero attached hydrogens (tertiary/aromatic N) is 4. The smallest absolute Gasteiger partial charge is 0.220 e. The summed E-state index contributed by atoms with van der Waals surface area (Å²) in [5.41, 5.74) is 8.34. The van der Waals surface area contributed by atoms with Crippen molar-refractivity contribution in [2.75, 3.05) is 11.9 Å². The molecule has 4 aromatic rings. The largest absolute Gasteiger partial charge is 0.493 e. The average molecular weight is 425 g/mol. The summed E-state index contributed by atoms with van der Waals surface area (Å²) in [6.07, 6.45) is 1.73. The molecular weight excluding hydrogens is 408 g/mol. The molecule has 0 fully saturated rings. The highest BCUT2D eigenvalue weighted by molar-refractivity contribution is 7.80. The summed E-state index contributed by atoms with van der Waals surface area (Å²) in [4.78, 5) is 4.35. The van der Waals surface area contributed by atoms with Gasteiger partial charge in [-0.2, -0.15) is 0 Å². The van der Waals surface area contributed by atoms with E-state index in [1.807, 2.05) is 48.5 Å². The fourth-order valence-corrected chi connectivity index (χ4v) is 3.48. The number of azo groups is 1. The van der Waals surface area contributed by atoms with Crippen LogP contribution in [0.4, 0.5) is 11.4 Å². The first kappa shape index (κ1) is 19.1. The summed E-state index contributed by atoms with van der Waals surface area (Å²) >= 11 is 10.8. The third-order valence-electron chi connectivity index (χ3n) is 4.52. The second kappa shape index (κ2) is 8.02. The van der Waals surface area contributed by atoms with Gasteiger partial charge in [-0.1, -0.05) is 29.8 Å². The van der Waals surface area contributed by atoms with Crippen molar-refractivity contribution in [3.8, 4) is 5.88 Å². The maximum Gasteiger partial charge on any atom is 0.220 e. The van der Waals surface area contributed by atoms with Crippen LogP contribution in [0.15, 0.2) is 65.0 Å². The molecule has 146 valence electrons. The zero-order chi connectivity index (χ0) is 20.4. The van der Waals surface area contributed by atoms with E-state index in [4.69, 9.17) is 29.6 Å². The summed E-state index contributed by atoms with van der Waals surface area (Å²) in [6.45, 7) is 1.08. The van der Waals surface area contributed by atoms with Crippen molar-refractivity contribution < 1.29 is 5.11 Å². The number of hydrogen-bond donors (Lipinski definition) is 3. The van der Waals surface area contributed by atoms with Gasteiger partial charge in [-0.05, 0) is 42.5 Å². The van der Waals surface area contributed by atoms with Gasteiger partial charge in [-0.3, -0.25) is 4.98 Å². The minimum Gasteiger partial charge on any atom is -0.493 e. The second-order valence-electron chi connectivity index (χ2n) is 6.33. The summed E-state index contributed by atoms with van der Waals surface area (Å²) in [6, 6.07) is 15.1. The van der Waals surface area contributed by atoms with Crippen LogP contribution in [-0.4, -0.2) is 26.3 Å². The molecule has 0 aliphatic rings. The van der Waals surface area contributed by atoms with Gasteiger partial charge in [0.15, 0.2) is 5.69 Å². The number of rotatable bonds is 5. The molecule has 4 rings (SSSR count). The molecule has 0 saturated heterocycles. The van der Waals surface area contributed by atoms with E-state index in [0.29, 0.717) is 23.8 Å². The molecular formula is C20H17ClN6OS. The van der Waals surface area contributed by atoms with E-state index in [0.717, 1.165) is 27.5 Å². The van der Waals surface area contributed by atoms with Crippen molar-refractivity contribution in [2.24, 2.45) is 16.0 Å². The third-order valence-corrected chi connectivity index (χ3v) is 4.84. The quantitative estimate of drug-likeness (QED) is 0.309. The highest BCUT2D eigenvalue weighted by Gasteiger charge is 2.16. The summed E-state index contributed by atoms with van der Waals surface area (Å²) < 4.78 is 1.77. The summed E-state index contributed by atoms with van der Waals surface area (Å²) in [7, 11) is 0. The SMILES string of the molecule is NC(=S)N=Nc1c(O)n(CCNc2ccnc3cc(Cl)ccc23)c2ccccc12. The van der Waals surface area contributed by atoms with Crippen LogP contribution >= 0.6 is 23.8 Å². The third kappa shape index (κ3) is 3.85. The Labute approximate surface area is 176 Å². The number of benzene rings is 2. The Hall–Kier alpha value is -3.23. The lowest BCUT2D eigenvalue weighted by Crippen LogP contribution is -2.10. The Kier molecular flexibility index (Phi) is 5.28. The molecule has 0 spiro atoms. The average Bonchev–Trinajstić information content (AvgIpc) is 2.97. The molecule has 2 aromatic carbocycles. The number of anilines is 1. The molecule has 0 radical (unpaired) electrons. The van der Waals surface area contributed by atoms with E-state index in [9.17, 15) is 5.11 Å². The van der Waals surface area contributed by atoms with Gasteiger partial charge in [0.1, 0.15) is 0 Å². The van der Waals surface area contributed by atoms with E-state index in [1.165, 1.54) is 0 Å².